The van der Waals surface area contributed by atoms with Crippen molar-refractivity contribution in [2.75, 3.05) is 72.0 Å². The molecule has 1 aliphatic carbocycles. The van der Waals surface area contributed by atoms with E-state index in [9.17, 15) is 4.79 Å². The fourth-order valence-electron chi connectivity index (χ4n) is 5.07. The van der Waals surface area contributed by atoms with Crippen molar-refractivity contribution in [3.8, 4) is 0 Å². The van der Waals surface area contributed by atoms with E-state index in [1.165, 1.54) is 45.3 Å². The molecular formula is C24H46N6O. The molecule has 2 saturated heterocycles. The summed E-state index contributed by atoms with van der Waals surface area (Å²) in [6.07, 6.45) is 8.48. The maximum absolute atomic E-state index is 12.6. The van der Waals surface area contributed by atoms with E-state index in [0.717, 1.165) is 83.5 Å². The molecule has 0 aromatic heterocycles. The smallest absolute Gasteiger partial charge is 0.225 e. The summed E-state index contributed by atoms with van der Waals surface area (Å²) in [5.74, 6) is 2.56. The zero-order chi connectivity index (χ0) is 21.9. The van der Waals surface area contributed by atoms with Crippen molar-refractivity contribution in [3.63, 3.8) is 0 Å². The minimum atomic E-state index is 0.311. The summed E-state index contributed by atoms with van der Waals surface area (Å²) in [7, 11) is 0. The number of piperazine rings is 1. The summed E-state index contributed by atoms with van der Waals surface area (Å²) in [4.78, 5) is 24.5. The molecular weight excluding hydrogens is 388 g/mol. The Labute approximate surface area is 190 Å². The van der Waals surface area contributed by atoms with Gasteiger partial charge in [-0.05, 0) is 64.6 Å². The van der Waals surface area contributed by atoms with Crippen molar-refractivity contribution in [1.29, 1.82) is 0 Å². The van der Waals surface area contributed by atoms with E-state index in [1.54, 1.807) is 0 Å². The van der Waals surface area contributed by atoms with Crippen LogP contribution in [0.25, 0.3) is 0 Å². The third kappa shape index (κ3) is 8.26. The Hall–Kier alpha value is -1.34. The Morgan fingerprint density at radius 1 is 0.903 bits per heavy atom. The molecule has 2 aliphatic heterocycles. The van der Waals surface area contributed by atoms with E-state index in [4.69, 9.17) is 4.99 Å². The van der Waals surface area contributed by atoms with Crippen LogP contribution in [0, 0.1) is 11.8 Å². The molecule has 2 N–H and O–H groups in total. The second kappa shape index (κ2) is 13.3. The van der Waals surface area contributed by atoms with Gasteiger partial charge >= 0.3 is 0 Å². The van der Waals surface area contributed by atoms with Gasteiger partial charge in [0.05, 0.1) is 0 Å². The molecule has 0 spiro atoms. The van der Waals surface area contributed by atoms with Crippen LogP contribution in [0.15, 0.2) is 4.99 Å². The molecule has 7 heteroatoms. The number of nitrogens with zero attached hydrogens (tertiary/aromatic N) is 4. The van der Waals surface area contributed by atoms with Gasteiger partial charge in [-0.25, -0.2) is 0 Å². The van der Waals surface area contributed by atoms with Crippen LogP contribution in [0.5, 0.6) is 0 Å². The standard InChI is InChI=1S/C24H46N6O/c1-3-25-24(26-11-6-13-28-14-9-21(2)10-15-28)27-12-16-29-17-19-30(20-18-29)23(31)22-7-4-5-8-22/h21-22H,3-20H2,1-2H3,(H2,25,26,27). The summed E-state index contributed by atoms with van der Waals surface area (Å²) >= 11 is 0. The minimum absolute atomic E-state index is 0.311. The number of aliphatic imine (C=N–C) groups is 1. The number of hydrogen-bond acceptors (Lipinski definition) is 4. The lowest BCUT2D eigenvalue weighted by atomic mass is 9.99. The Kier molecular flexibility index (Phi) is 10.4. The number of piperidine rings is 1. The molecule has 3 fully saturated rings. The molecule has 0 unspecified atom stereocenters. The average molecular weight is 435 g/mol. The highest BCUT2D eigenvalue weighted by Gasteiger charge is 2.29. The number of carbonyl (C=O) groups is 1. The van der Waals surface area contributed by atoms with Gasteiger partial charge in [0.1, 0.15) is 0 Å². The monoisotopic (exact) mass is 434 g/mol. The first kappa shape index (κ1) is 24.3. The second-order valence-corrected chi connectivity index (χ2v) is 9.71. The number of nitrogens with one attached hydrogen (secondary N) is 2. The Balaban J connectivity index is 1.28. The van der Waals surface area contributed by atoms with Gasteiger partial charge in [-0.1, -0.05) is 19.8 Å². The number of carbonyl (C=O) groups excluding carboxylic acids is 1. The van der Waals surface area contributed by atoms with Crippen molar-refractivity contribution in [1.82, 2.24) is 25.3 Å². The van der Waals surface area contributed by atoms with E-state index >= 15 is 0 Å². The average Bonchev–Trinajstić information content (AvgIpc) is 3.33. The molecule has 3 aliphatic rings. The van der Waals surface area contributed by atoms with E-state index in [2.05, 4.69) is 39.2 Å². The van der Waals surface area contributed by atoms with Gasteiger partial charge in [-0.2, -0.15) is 0 Å². The molecule has 7 nitrogen and oxygen atoms in total. The molecule has 0 aromatic carbocycles. The van der Waals surface area contributed by atoms with Crippen LogP contribution in [0.2, 0.25) is 0 Å². The predicted octanol–water partition coefficient (Wildman–Crippen LogP) is 2.00. The maximum Gasteiger partial charge on any atom is 0.225 e. The van der Waals surface area contributed by atoms with E-state index in [0.29, 0.717) is 11.8 Å². The molecule has 31 heavy (non-hydrogen) atoms. The molecule has 0 aromatic rings. The first-order chi connectivity index (χ1) is 15.2. The summed E-state index contributed by atoms with van der Waals surface area (Å²) in [5, 5.41) is 6.87. The van der Waals surface area contributed by atoms with Gasteiger partial charge in [0.2, 0.25) is 5.91 Å². The number of guanidine groups is 1. The van der Waals surface area contributed by atoms with E-state index in [1.807, 2.05) is 0 Å². The van der Waals surface area contributed by atoms with Crippen LogP contribution in [0.3, 0.4) is 0 Å². The van der Waals surface area contributed by atoms with Crippen LogP contribution in [0.1, 0.15) is 58.8 Å². The first-order valence-corrected chi connectivity index (χ1v) is 12.9. The third-order valence-corrected chi connectivity index (χ3v) is 7.23. The van der Waals surface area contributed by atoms with Crippen molar-refractivity contribution in [2.45, 2.75) is 58.8 Å². The van der Waals surface area contributed by atoms with Crippen molar-refractivity contribution < 1.29 is 4.79 Å². The van der Waals surface area contributed by atoms with Crippen molar-refractivity contribution in [3.05, 3.63) is 0 Å². The van der Waals surface area contributed by atoms with E-state index < -0.39 is 0 Å². The van der Waals surface area contributed by atoms with Gasteiger partial charge < -0.3 is 20.4 Å². The lowest BCUT2D eigenvalue weighted by Crippen LogP contribution is -2.51. The number of likely N-dealkylation sites (tertiary alicyclic amines) is 1. The molecule has 0 atom stereocenters. The second-order valence-electron chi connectivity index (χ2n) is 9.71. The molecule has 1 amide bonds. The van der Waals surface area contributed by atoms with Gasteiger partial charge in [0, 0.05) is 58.3 Å². The largest absolute Gasteiger partial charge is 0.357 e. The molecule has 0 bridgehead atoms. The quantitative estimate of drug-likeness (QED) is 0.330. The molecule has 178 valence electrons. The Morgan fingerprint density at radius 3 is 2.26 bits per heavy atom. The lowest BCUT2D eigenvalue weighted by molar-refractivity contribution is -0.137. The zero-order valence-corrected chi connectivity index (χ0v) is 20.1. The summed E-state index contributed by atoms with van der Waals surface area (Å²) in [6, 6.07) is 0. The number of amides is 1. The highest BCUT2D eigenvalue weighted by molar-refractivity contribution is 5.80. The highest BCUT2D eigenvalue weighted by atomic mass is 16.2. The first-order valence-electron chi connectivity index (χ1n) is 12.9. The van der Waals surface area contributed by atoms with Crippen LogP contribution < -0.4 is 10.6 Å². The van der Waals surface area contributed by atoms with Gasteiger partial charge in [0.15, 0.2) is 5.96 Å². The lowest BCUT2D eigenvalue weighted by Gasteiger charge is -2.36. The van der Waals surface area contributed by atoms with Crippen LogP contribution in [-0.4, -0.2) is 98.6 Å². The highest BCUT2D eigenvalue weighted by Crippen LogP contribution is 2.26. The number of rotatable bonds is 9. The third-order valence-electron chi connectivity index (χ3n) is 7.23. The Bertz CT molecular complexity index is 546. The normalized spacial score (nSPS) is 22.8. The molecule has 0 radical (unpaired) electrons. The Morgan fingerprint density at radius 2 is 1.58 bits per heavy atom. The minimum Gasteiger partial charge on any atom is -0.357 e. The summed E-state index contributed by atoms with van der Waals surface area (Å²) < 4.78 is 0. The van der Waals surface area contributed by atoms with Crippen molar-refractivity contribution >= 4 is 11.9 Å². The van der Waals surface area contributed by atoms with Gasteiger partial charge in [-0.15, -0.1) is 0 Å². The predicted molar refractivity (Wildman–Crippen MR) is 128 cm³/mol. The number of hydrogen-bond donors (Lipinski definition) is 2. The van der Waals surface area contributed by atoms with Crippen LogP contribution >= 0.6 is 0 Å². The fraction of sp³-hybridized carbons (Fsp3) is 0.917. The summed E-state index contributed by atoms with van der Waals surface area (Å²) in [6.45, 7) is 15.6. The zero-order valence-electron chi connectivity index (χ0n) is 20.1. The fourth-order valence-corrected chi connectivity index (χ4v) is 5.07. The summed E-state index contributed by atoms with van der Waals surface area (Å²) in [5.41, 5.74) is 0. The molecule has 1 saturated carbocycles. The van der Waals surface area contributed by atoms with Gasteiger partial charge in [0.25, 0.3) is 0 Å². The van der Waals surface area contributed by atoms with E-state index in [-0.39, 0.29) is 0 Å². The maximum atomic E-state index is 12.6. The van der Waals surface area contributed by atoms with Crippen LogP contribution in [0.4, 0.5) is 0 Å². The topological polar surface area (TPSA) is 63.2 Å². The molecule has 3 rings (SSSR count). The van der Waals surface area contributed by atoms with Crippen molar-refractivity contribution in [2.24, 2.45) is 16.8 Å². The van der Waals surface area contributed by atoms with Crippen LogP contribution in [-0.2, 0) is 4.79 Å². The SMILES string of the molecule is CCNC(=NCCCN1CCC(C)CC1)NCCN1CCN(C(=O)C2CCCC2)CC1. The van der Waals surface area contributed by atoms with Gasteiger partial charge in [-0.3, -0.25) is 14.7 Å². The molecule has 2 heterocycles.